The van der Waals surface area contributed by atoms with E-state index in [0.717, 1.165) is 24.5 Å². The molecule has 0 aliphatic rings. The summed E-state index contributed by atoms with van der Waals surface area (Å²) < 4.78 is 0. The summed E-state index contributed by atoms with van der Waals surface area (Å²) in [5.74, 6) is -5.12. The zero-order valence-electron chi connectivity index (χ0n) is 26.3. The molecule has 0 atom stereocenters. The summed E-state index contributed by atoms with van der Waals surface area (Å²) in [7, 11) is 9.78. The van der Waals surface area contributed by atoms with Gasteiger partial charge in [0.25, 0.3) is 0 Å². The van der Waals surface area contributed by atoms with E-state index in [-0.39, 0.29) is 45.2 Å². The van der Waals surface area contributed by atoms with Crippen molar-refractivity contribution in [2.75, 3.05) is 108 Å². The van der Waals surface area contributed by atoms with E-state index in [0.29, 0.717) is 0 Å². The minimum Gasteiger partial charge on any atom is -0.368 e. The fourth-order valence-corrected chi connectivity index (χ4v) is 3.15. The van der Waals surface area contributed by atoms with Crippen LogP contribution in [0.4, 0.5) is 0 Å². The number of hydrogen-bond donors (Lipinski definition) is 4. The van der Waals surface area contributed by atoms with Gasteiger partial charge >= 0.3 is 0 Å². The van der Waals surface area contributed by atoms with Crippen molar-refractivity contribution >= 4 is 53.2 Å². The molecule has 0 unspecified atom stereocenters. The number of rotatable bonds is 18. The zero-order chi connectivity index (χ0) is 34.1. The molecular formula is C25H44N10O9. The lowest BCUT2D eigenvalue weighted by atomic mass is 10.3. The van der Waals surface area contributed by atoms with E-state index in [1.807, 2.05) is 0 Å². The first-order chi connectivity index (χ1) is 20.4. The molecule has 0 heterocycles. The number of primary amides is 1. The van der Waals surface area contributed by atoms with E-state index >= 15 is 0 Å². The van der Waals surface area contributed by atoms with Gasteiger partial charge < -0.3 is 51.1 Å². The van der Waals surface area contributed by atoms with Crippen molar-refractivity contribution in [2.45, 2.75) is 0 Å². The Labute approximate surface area is 256 Å². The number of amides is 9. The smallest absolute Gasteiger partial charge is 0.242 e. The van der Waals surface area contributed by atoms with Crippen LogP contribution in [-0.2, 0) is 43.2 Å². The van der Waals surface area contributed by atoms with E-state index in [4.69, 9.17) is 5.73 Å². The molecule has 0 bridgehead atoms. The van der Waals surface area contributed by atoms with Crippen LogP contribution in [0.1, 0.15) is 0 Å². The molecule has 19 nitrogen and oxygen atoms in total. The van der Waals surface area contributed by atoms with Crippen LogP contribution in [0.2, 0.25) is 0 Å². The third kappa shape index (κ3) is 15.4. The number of likely N-dealkylation sites (N-methyl/N-ethyl adjacent to an activating group) is 7. The predicted molar refractivity (Wildman–Crippen MR) is 155 cm³/mol. The highest BCUT2D eigenvalue weighted by molar-refractivity contribution is 5.93. The Kier molecular flexibility index (Phi) is 17.3. The molecular weight excluding hydrogens is 584 g/mol. The van der Waals surface area contributed by atoms with Crippen molar-refractivity contribution in [3.63, 3.8) is 0 Å². The molecule has 44 heavy (non-hydrogen) atoms. The standard InChI is InChI=1S/C25H44N10O9/c1-27-9-20(39)32(4)13-24(43)34(6)16-23(42)31(3)12-19(38)29-10-21(40)33(5)14-25(44)35(7)15-22(41)30(2)11-18(37)28-8-17(26)36/h27H,8-16H2,1-7H3,(H2,26,36)(H,28,37)(H,29,38). The van der Waals surface area contributed by atoms with Crippen molar-refractivity contribution in [3.8, 4) is 0 Å². The SMILES string of the molecule is CNCC(=O)N(C)CC(=O)N(C)CC(=O)N(C)CC(=O)NCC(=O)N(C)CC(=O)N(C)CC(=O)N(C)CC(=O)NCC(N)=O. The van der Waals surface area contributed by atoms with Crippen LogP contribution >= 0.6 is 0 Å². The highest BCUT2D eigenvalue weighted by Gasteiger charge is 2.23. The number of carbonyl (C=O) groups excluding carboxylic acids is 9. The van der Waals surface area contributed by atoms with Gasteiger partial charge in [-0.25, -0.2) is 0 Å². The van der Waals surface area contributed by atoms with Gasteiger partial charge in [-0.2, -0.15) is 0 Å². The Morgan fingerprint density at radius 1 is 0.432 bits per heavy atom. The maximum atomic E-state index is 12.5. The second-order valence-electron chi connectivity index (χ2n) is 10.0. The van der Waals surface area contributed by atoms with Crippen LogP contribution in [0.5, 0.6) is 0 Å². The second-order valence-corrected chi connectivity index (χ2v) is 10.0. The molecule has 19 heteroatoms. The first-order valence-electron chi connectivity index (χ1n) is 13.3. The zero-order valence-corrected chi connectivity index (χ0v) is 26.3. The lowest BCUT2D eigenvalue weighted by molar-refractivity contribution is -0.143. The summed E-state index contributed by atoms with van der Waals surface area (Å²) >= 11 is 0. The summed E-state index contributed by atoms with van der Waals surface area (Å²) in [6.45, 7) is -2.92. The Balaban J connectivity index is 4.60. The minimum atomic E-state index is -0.743. The Hall–Kier alpha value is -4.81. The van der Waals surface area contributed by atoms with Gasteiger partial charge in [-0.1, -0.05) is 0 Å². The van der Waals surface area contributed by atoms with Crippen molar-refractivity contribution in [2.24, 2.45) is 5.73 Å². The largest absolute Gasteiger partial charge is 0.368 e. The Bertz CT molecular complexity index is 1100. The van der Waals surface area contributed by atoms with Crippen molar-refractivity contribution < 1.29 is 43.2 Å². The molecule has 0 saturated heterocycles. The van der Waals surface area contributed by atoms with Crippen LogP contribution in [0.3, 0.4) is 0 Å². The monoisotopic (exact) mass is 628 g/mol. The van der Waals surface area contributed by atoms with Gasteiger partial charge in [-0.15, -0.1) is 0 Å². The van der Waals surface area contributed by atoms with Crippen LogP contribution < -0.4 is 21.7 Å². The van der Waals surface area contributed by atoms with Crippen LogP contribution in [0.15, 0.2) is 0 Å². The first kappa shape index (κ1) is 39.2. The van der Waals surface area contributed by atoms with E-state index in [1.54, 1.807) is 7.05 Å². The molecule has 248 valence electrons. The molecule has 0 aromatic carbocycles. The summed E-state index contributed by atoms with van der Waals surface area (Å²) in [5.41, 5.74) is 4.94. The molecule has 0 aliphatic carbocycles. The maximum absolute atomic E-state index is 12.5. The number of nitrogens with one attached hydrogen (secondary N) is 3. The summed E-state index contributed by atoms with van der Waals surface area (Å²) in [5, 5.41) is 7.27. The van der Waals surface area contributed by atoms with E-state index in [9.17, 15) is 43.2 Å². The third-order valence-corrected chi connectivity index (χ3v) is 6.03. The van der Waals surface area contributed by atoms with Crippen molar-refractivity contribution in [3.05, 3.63) is 0 Å². The topological polar surface area (TPSA) is 235 Å². The molecule has 0 spiro atoms. The molecule has 0 aromatic rings. The summed E-state index contributed by atoms with van der Waals surface area (Å²) in [6, 6.07) is 0. The molecule has 0 radical (unpaired) electrons. The van der Waals surface area contributed by atoms with Gasteiger partial charge in [0, 0.05) is 42.3 Å². The maximum Gasteiger partial charge on any atom is 0.242 e. The van der Waals surface area contributed by atoms with Gasteiger partial charge in [-0.3, -0.25) is 43.2 Å². The Morgan fingerprint density at radius 2 is 0.705 bits per heavy atom. The lowest BCUT2D eigenvalue weighted by Crippen LogP contribution is -2.49. The fourth-order valence-electron chi connectivity index (χ4n) is 3.15. The molecule has 0 aliphatic heterocycles. The molecule has 0 rings (SSSR count). The van der Waals surface area contributed by atoms with Crippen LogP contribution in [0.25, 0.3) is 0 Å². The van der Waals surface area contributed by atoms with Gasteiger partial charge in [0.15, 0.2) is 0 Å². The lowest BCUT2D eigenvalue weighted by Gasteiger charge is -2.25. The van der Waals surface area contributed by atoms with E-state index in [2.05, 4.69) is 16.0 Å². The molecule has 9 amide bonds. The number of hydrogen-bond acceptors (Lipinski definition) is 10. The van der Waals surface area contributed by atoms with Gasteiger partial charge in [-0.05, 0) is 7.05 Å². The number of carbonyl (C=O) groups is 9. The first-order valence-corrected chi connectivity index (χ1v) is 13.3. The van der Waals surface area contributed by atoms with Crippen LogP contribution in [-0.4, -0.2) is 191 Å². The number of nitrogens with zero attached hydrogens (tertiary/aromatic N) is 6. The summed E-state index contributed by atoms with van der Waals surface area (Å²) in [4.78, 5) is 115. The van der Waals surface area contributed by atoms with Gasteiger partial charge in [0.1, 0.15) is 0 Å². The average molecular weight is 629 g/mol. The summed E-state index contributed by atoms with van der Waals surface area (Å²) in [6.07, 6.45) is 0. The molecule has 0 saturated carbocycles. The normalized spacial score (nSPS) is 10.2. The Morgan fingerprint density at radius 3 is 1.02 bits per heavy atom. The quantitative estimate of drug-likeness (QED) is 0.112. The predicted octanol–water partition coefficient (Wildman–Crippen LogP) is -6.33. The molecule has 0 fully saturated rings. The molecule has 0 aromatic heterocycles. The van der Waals surface area contributed by atoms with Crippen LogP contribution in [0, 0.1) is 0 Å². The highest BCUT2D eigenvalue weighted by Crippen LogP contribution is 1.96. The minimum absolute atomic E-state index is 0.0553. The van der Waals surface area contributed by atoms with Gasteiger partial charge in [0.2, 0.25) is 53.2 Å². The highest BCUT2D eigenvalue weighted by atomic mass is 16.2. The third-order valence-electron chi connectivity index (χ3n) is 6.03. The van der Waals surface area contributed by atoms with E-state index < -0.39 is 66.9 Å². The number of nitrogens with two attached hydrogens (primary N) is 1. The average Bonchev–Trinajstić information content (AvgIpc) is 2.94. The fraction of sp³-hybridized carbons (Fsp3) is 0.640. The van der Waals surface area contributed by atoms with Crippen molar-refractivity contribution in [1.82, 2.24) is 45.3 Å². The van der Waals surface area contributed by atoms with Crippen molar-refractivity contribution in [1.29, 1.82) is 0 Å². The van der Waals surface area contributed by atoms with E-state index in [1.165, 1.54) is 47.2 Å². The molecule has 5 N–H and O–H groups in total. The van der Waals surface area contributed by atoms with Gasteiger partial charge in [0.05, 0.1) is 58.9 Å². The second kappa shape index (κ2) is 19.4.